The van der Waals surface area contributed by atoms with Crippen molar-refractivity contribution in [2.75, 3.05) is 0 Å². The molecule has 1 aliphatic rings. The Bertz CT molecular complexity index is 814. The van der Waals surface area contributed by atoms with Gasteiger partial charge in [0.1, 0.15) is 5.60 Å². The lowest BCUT2D eigenvalue weighted by atomic mass is 9.89. The molecule has 0 aliphatic carbocycles. The minimum atomic E-state index is -0.892. The lowest BCUT2D eigenvalue weighted by Gasteiger charge is -2.24. The summed E-state index contributed by atoms with van der Waals surface area (Å²) in [5, 5.41) is 11.4. The molecule has 0 aromatic heterocycles. The van der Waals surface area contributed by atoms with Crippen LogP contribution in [0.5, 0.6) is 0 Å². The van der Waals surface area contributed by atoms with Crippen molar-refractivity contribution in [1.29, 1.82) is 0 Å². The number of nitrogens with zero attached hydrogens (tertiary/aromatic N) is 1. The fraction of sp³-hybridized carbons (Fsp3) is 0.217. The summed E-state index contributed by atoms with van der Waals surface area (Å²) in [4.78, 5) is 2.39. The van der Waals surface area contributed by atoms with Gasteiger partial charge in [0.25, 0.3) is 0 Å². The molecule has 2 heteroatoms. The molecule has 1 fully saturated rings. The summed E-state index contributed by atoms with van der Waals surface area (Å²) >= 11 is 0. The van der Waals surface area contributed by atoms with Crippen molar-refractivity contribution in [3.05, 3.63) is 108 Å². The van der Waals surface area contributed by atoms with Crippen LogP contribution in [0.15, 0.2) is 91.0 Å². The second-order valence-electron chi connectivity index (χ2n) is 6.97. The summed E-state index contributed by atoms with van der Waals surface area (Å²) < 4.78 is 0. The first-order valence-electron chi connectivity index (χ1n) is 8.80. The Hall–Kier alpha value is -2.42. The molecule has 4 rings (SSSR count). The van der Waals surface area contributed by atoms with Crippen LogP contribution in [-0.4, -0.2) is 16.0 Å². The van der Waals surface area contributed by atoms with Crippen LogP contribution in [0.2, 0.25) is 0 Å². The highest BCUT2D eigenvalue weighted by molar-refractivity contribution is 5.35. The molecule has 1 unspecified atom stereocenters. The fourth-order valence-electron chi connectivity index (χ4n) is 3.87. The number of hydrogen-bond donors (Lipinski definition) is 1. The molecule has 25 heavy (non-hydrogen) atoms. The van der Waals surface area contributed by atoms with Crippen molar-refractivity contribution in [2.45, 2.75) is 31.2 Å². The first-order valence-corrected chi connectivity index (χ1v) is 8.80. The fourth-order valence-corrected chi connectivity index (χ4v) is 3.87. The molecule has 1 aliphatic heterocycles. The second-order valence-corrected chi connectivity index (χ2v) is 6.97. The van der Waals surface area contributed by atoms with Crippen LogP contribution in [0.25, 0.3) is 0 Å². The van der Waals surface area contributed by atoms with E-state index in [9.17, 15) is 5.11 Å². The Morgan fingerprint density at radius 2 is 1.32 bits per heavy atom. The SMILES string of the molecule is C[C@](O)(c1ccccc1)[C@H]1[C@H](c2ccccc2)N1Cc1ccccc1. The zero-order valence-electron chi connectivity index (χ0n) is 14.4. The third-order valence-corrected chi connectivity index (χ3v) is 5.21. The zero-order chi connectivity index (χ0) is 17.3. The number of benzene rings is 3. The Labute approximate surface area is 149 Å². The van der Waals surface area contributed by atoms with Crippen molar-refractivity contribution < 1.29 is 5.11 Å². The predicted octanol–water partition coefficient (Wildman–Crippen LogP) is 4.52. The molecule has 2 nitrogen and oxygen atoms in total. The van der Waals surface area contributed by atoms with Gasteiger partial charge in [-0.3, -0.25) is 4.90 Å². The molecule has 3 aromatic carbocycles. The van der Waals surface area contributed by atoms with E-state index < -0.39 is 5.60 Å². The summed E-state index contributed by atoms with van der Waals surface area (Å²) in [5.74, 6) is 0. The third kappa shape index (κ3) is 3.11. The van der Waals surface area contributed by atoms with Gasteiger partial charge in [-0.1, -0.05) is 91.0 Å². The third-order valence-electron chi connectivity index (χ3n) is 5.21. The monoisotopic (exact) mass is 329 g/mol. The largest absolute Gasteiger partial charge is 0.384 e. The lowest BCUT2D eigenvalue weighted by Crippen LogP contribution is -2.31. The molecule has 0 bridgehead atoms. The van der Waals surface area contributed by atoms with E-state index in [1.54, 1.807) is 0 Å². The van der Waals surface area contributed by atoms with Crippen molar-refractivity contribution in [2.24, 2.45) is 0 Å². The predicted molar refractivity (Wildman–Crippen MR) is 101 cm³/mol. The molecule has 3 aromatic rings. The maximum Gasteiger partial charge on any atom is 0.104 e. The highest BCUT2D eigenvalue weighted by Gasteiger charge is 2.57. The minimum Gasteiger partial charge on any atom is -0.384 e. The molecule has 1 saturated heterocycles. The Morgan fingerprint density at radius 3 is 1.92 bits per heavy atom. The van der Waals surface area contributed by atoms with Gasteiger partial charge in [-0.25, -0.2) is 0 Å². The highest BCUT2D eigenvalue weighted by Crippen LogP contribution is 2.52. The summed E-state index contributed by atoms with van der Waals surface area (Å²) in [7, 11) is 0. The van der Waals surface area contributed by atoms with Gasteiger partial charge in [-0.15, -0.1) is 0 Å². The van der Waals surface area contributed by atoms with Crippen LogP contribution >= 0.6 is 0 Å². The van der Waals surface area contributed by atoms with Crippen molar-refractivity contribution in [3.8, 4) is 0 Å². The average Bonchev–Trinajstić information content (AvgIpc) is 3.39. The molecule has 126 valence electrons. The molecular weight excluding hydrogens is 306 g/mol. The van der Waals surface area contributed by atoms with Gasteiger partial charge < -0.3 is 5.11 Å². The summed E-state index contributed by atoms with van der Waals surface area (Å²) in [6.45, 7) is 2.78. The minimum absolute atomic E-state index is 0.0671. The van der Waals surface area contributed by atoms with Crippen molar-refractivity contribution in [1.82, 2.24) is 4.90 Å². The van der Waals surface area contributed by atoms with Crippen LogP contribution in [0.3, 0.4) is 0 Å². The topological polar surface area (TPSA) is 23.2 Å². The van der Waals surface area contributed by atoms with Crippen molar-refractivity contribution in [3.63, 3.8) is 0 Å². The number of hydrogen-bond acceptors (Lipinski definition) is 2. The summed E-state index contributed by atoms with van der Waals surface area (Å²) in [5.41, 5.74) is 2.61. The molecule has 0 spiro atoms. The molecule has 0 saturated carbocycles. The smallest absolute Gasteiger partial charge is 0.104 e. The highest BCUT2D eigenvalue weighted by atomic mass is 16.3. The van der Waals surface area contributed by atoms with E-state index in [0.717, 1.165) is 12.1 Å². The Balaban J connectivity index is 1.66. The quantitative estimate of drug-likeness (QED) is 0.696. The van der Waals surface area contributed by atoms with Gasteiger partial charge in [0.15, 0.2) is 0 Å². The van der Waals surface area contributed by atoms with E-state index in [2.05, 4.69) is 53.4 Å². The van der Waals surface area contributed by atoms with Crippen LogP contribution in [0.1, 0.15) is 29.7 Å². The maximum absolute atomic E-state index is 11.4. The van der Waals surface area contributed by atoms with Gasteiger partial charge in [0, 0.05) is 6.54 Å². The van der Waals surface area contributed by atoms with E-state index in [4.69, 9.17) is 0 Å². The van der Waals surface area contributed by atoms with E-state index in [0.29, 0.717) is 0 Å². The van der Waals surface area contributed by atoms with Crippen LogP contribution in [0, 0.1) is 0 Å². The van der Waals surface area contributed by atoms with E-state index >= 15 is 0 Å². The zero-order valence-corrected chi connectivity index (χ0v) is 14.4. The first kappa shape index (κ1) is 16.1. The van der Waals surface area contributed by atoms with Gasteiger partial charge in [0.2, 0.25) is 0 Å². The second kappa shape index (κ2) is 6.47. The summed E-state index contributed by atoms with van der Waals surface area (Å²) in [6, 6.07) is 31.3. The van der Waals surface area contributed by atoms with Crippen LogP contribution < -0.4 is 0 Å². The molecule has 0 amide bonds. The molecule has 1 N–H and O–H groups in total. The summed E-state index contributed by atoms with van der Waals surface area (Å²) in [6.07, 6.45) is 0. The van der Waals surface area contributed by atoms with Crippen molar-refractivity contribution >= 4 is 0 Å². The van der Waals surface area contributed by atoms with E-state index in [-0.39, 0.29) is 12.1 Å². The number of aliphatic hydroxyl groups is 1. The van der Waals surface area contributed by atoms with E-state index in [1.807, 2.05) is 49.4 Å². The standard InChI is InChI=1S/C23H23NO/c1-23(25,20-15-9-4-10-16-20)22-21(19-13-7-3-8-14-19)24(22)17-18-11-5-2-6-12-18/h2-16,21-22,25H,17H2,1H3/t21-,22+,23-,24?/m0/s1. The average molecular weight is 329 g/mol. The molecular formula is C23H23NO. The maximum atomic E-state index is 11.4. The van der Waals surface area contributed by atoms with Gasteiger partial charge in [-0.05, 0) is 23.6 Å². The van der Waals surface area contributed by atoms with Crippen LogP contribution in [0.4, 0.5) is 0 Å². The molecule has 1 heterocycles. The van der Waals surface area contributed by atoms with Gasteiger partial charge in [-0.2, -0.15) is 0 Å². The van der Waals surface area contributed by atoms with E-state index in [1.165, 1.54) is 11.1 Å². The number of rotatable bonds is 5. The lowest BCUT2D eigenvalue weighted by molar-refractivity contribution is 0.0403. The molecule has 4 atom stereocenters. The Morgan fingerprint density at radius 1 is 0.800 bits per heavy atom. The molecule has 0 radical (unpaired) electrons. The van der Waals surface area contributed by atoms with Gasteiger partial charge in [0.05, 0.1) is 12.1 Å². The normalized spacial score (nSPS) is 24.5. The van der Waals surface area contributed by atoms with Crippen LogP contribution in [-0.2, 0) is 12.1 Å². The Kier molecular flexibility index (Phi) is 4.16. The van der Waals surface area contributed by atoms with Gasteiger partial charge >= 0.3 is 0 Å². The first-order chi connectivity index (χ1) is 12.2.